The molecule has 0 atom stereocenters. The van der Waals surface area contributed by atoms with Gasteiger partial charge in [0.2, 0.25) is 5.28 Å². The van der Waals surface area contributed by atoms with E-state index in [4.69, 9.17) is 11.6 Å². The molecule has 0 saturated carbocycles. The highest BCUT2D eigenvalue weighted by molar-refractivity contribution is 6.28. The molecule has 1 aromatic heterocycles. The van der Waals surface area contributed by atoms with Crippen molar-refractivity contribution < 1.29 is 0 Å². The van der Waals surface area contributed by atoms with Gasteiger partial charge in [-0.25, -0.2) is 9.97 Å². The molecule has 0 amide bonds. The quantitative estimate of drug-likeness (QED) is 0.734. The Bertz CT molecular complexity index is 262. The van der Waals surface area contributed by atoms with Crippen LogP contribution < -0.4 is 5.32 Å². The highest BCUT2D eigenvalue weighted by Crippen LogP contribution is 2.10. The minimum absolute atomic E-state index is 0.310. The van der Waals surface area contributed by atoms with Crippen molar-refractivity contribution in [3.05, 3.63) is 17.0 Å². The van der Waals surface area contributed by atoms with Crippen molar-refractivity contribution in [1.82, 2.24) is 9.97 Å². The summed E-state index contributed by atoms with van der Waals surface area (Å²) in [4.78, 5) is 8.06. The van der Waals surface area contributed by atoms with Crippen molar-refractivity contribution in [3.63, 3.8) is 0 Å². The van der Waals surface area contributed by atoms with Crippen molar-refractivity contribution in [3.8, 4) is 0 Å². The smallest absolute Gasteiger partial charge is 0.224 e. The van der Waals surface area contributed by atoms with Gasteiger partial charge < -0.3 is 5.32 Å². The second kappa shape index (κ2) is 4.26. The highest BCUT2D eigenvalue weighted by Gasteiger charge is 1.99. The maximum Gasteiger partial charge on any atom is 0.224 e. The van der Waals surface area contributed by atoms with E-state index in [1.807, 2.05) is 13.1 Å². The van der Waals surface area contributed by atoms with Crippen molar-refractivity contribution in [2.75, 3.05) is 12.4 Å². The standard InChI is InChI=1S/C8H12ClN3/c1-3-4-6-5-7(10-2)12-8(9)11-6/h5H,3-4H2,1-2H3,(H,10,11,12). The van der Waals surface area contributed by atoms with Gasteiger partial charge in [-0.05, 0) is 18.0 Å². The van der Waals surface area contributed by atoms with E-state index in [0.717, 1.165) is 24.4 Å². The normalized spacial score (nSPS) is 9.92. The van der Waals surface area contributed by atoms with E-state index in [0.29, 0.717) is 5.28 Å². The van der Waals surface area contributed by atoms with Crippen LogP contribution in [0.4, 0.5) is 5.82 Å². The number of aromatic nitrogens is 2. The van der Waals surface area contributed by atoms with Crippen molar-refractivity contribution >= 4 is 17.4 Å². The van der Waals surface area contributed by atoms with Crippen molar-refractivity contribution in [1.29, 1.82) is 0 Å². The first-order valence-corrected chi connectivity index (χ1v) is 4.35. The van der Waals surface area contributed by atoms with Crippen LogP contribution in [0.25, 0.3) is 0 Å². The van der Waals surface area contributed by atoms with Gasteiger partial charge in [-0.3, -0.25) is 0 Å². The minimum Gasteiger partial charge on any atom is -0.373 e. The molecule has 12 heavy (non-hydrogen) atoms. The molecule has 4 heteroatoms. The summed E-state index contributed by atoms with van der Waals surface area (Å²) in [5.41, 5.74) is 0.988. The van der Waals surface area contributed by atoms with E-state index in [1.165, 1.54) is 0 Å². The Kier molecular flexibility index (Phi) is 3.29. The molecule has 0 aliphatic heterocycles. The van der Waals surface area contributed by atoms with Crippen LogP contribution in [0.5, 0.6) is 0 Å². The molecule has 0 aliphatic carbocycles. The number of aryl methyl sites for hydroxylation is 1. The summed E-state index contributed by atoms with van der Waals surface area (Å²) in [6.07, 6.45) is 2.01. The van der Waals surface area contributed by atoms with Gasteiger partial charge in [0.15, 0.2) is 0 Å². The third-order valence-electron chi connectivity index (χ3n) is 1.51. The summed E-state index contributed by atoms with van der Waals surface area (Å²) < 4.78 is 0. The first kappa shape index (κ1) is 9.26. The molecule has 0 aromatic carbocycles. The number of nitrogens with one attached hydrogen (secondary N) is 1. The second-order valence-corrected chi connectivity index (χ2v) is 2.85. The van der Waals surface area contributed by atoms with Gasteiger partial charge in [0, 0.05) is 18.8 Å². The zero-order valence-corrected chi connectivity index (χ0v) is 8.02. The zero-order chi connectivity index (χ0) is 8.97. The van der Waals surface area contributed by atoms with Crippen LogP contribution in [-0.2, 0) is 6.42 Å². The fourth-order valence-corrected chi connectivity index (χ4v) is 1.18. The predicted molar refractivity (Wildman–Crippen MR) is 50.6 cm³/mol. The lowest BCUT2D eigenvalue weighted by Crippen LogP contribution is -1.98. The zero-order valence-electron chi connectivity index (χ0n) is 7.26. The summed E-state index contributed by atoms with van der Waals surface area (Å²) in [5.74, 6) is 0.776. The molecule has 0 aliphatic rings. The topological polar surface area (TPSA) is 37.8 Å². The Morgan fingerprint density at radius 2 is 2.25 bits per heavy atom. The Labute approximate surface area is 77.2 Å². The van der Waals surface area contributed by atoms with Crippen LogP contribution in [0.15, 0.2) is 6.07 Å². The van der Waals surface area contributed by atoms with Gasteiger partial charge in [-0.2, -0.15) is 0 Å². The summed E-state index contributed by atoms with van der Waals surface area (Å²) >= 11 is 5.70. The lowest BCUT2D eigenvalue weighted by Gasteiger charge is -2.02. The Morgan fingerprint density at radius 1 is 1.50 bits per heavy atom. The molecule has 0 spiro atoms. The monoisotopic (exact) mass is 185 g/mol. The van der Waals surface area contributed by atoms with Crippen LogP contribution in [0, 0.1) is 0 Å². The summed E-state index contributed by atoms with van der Waals surface area (Å²) in [7, 11) is 1.81. The van der Waals surface area contributed by atoms with Crippen LogP contribution in [0.3, 0.4) is 0 Å². The largest absolute Gasteiger partial charge is 0.373 e. The average Bonchev–Trinajstić information content (AvgIpc) is 2.04. The second-order valence-electron chi connectivity index (χ2n) is 2.51. The van der Waals surface area contributed by atoms with E-state index in [-0.39, 0.29) is 0 Å². The summed E-state index contributed by atoms with van der Waals surface area (Å²) in [6.45, 7) is 2.11. The van der Waals surface area contributed by atoms with E-state index < -0.39 is 0 Å². The maximum atomic E-state index is 5.70. The molecule has 0 bridgehead atoms. The number of hydrogen-bond donors (Lipinski definition) is 1. The van der Waals surface area contributed by atoms with E-state index >= 15 is 0 Å². The van der Waals surface area contributed by atoms with Crippen LogP contribution in [0.2, 0.25) is 5.28 Å². The molecule has 0 fully saturated rings. The molecule has 66 valence electrons. The Balaban J connectivity index is 2.90. The van der Waals surface area contributed by atoms with E-state index in [9.17, 15) is 0 Å². The highest BCUT2D eigenvalue weighted by atomic mass is 35.5. The molecule has 1 aromatic rings. The number of halogens is 1. The Morgan fingerprint density at radius 3 is 2.83 bits per heavy atom. The average molecular weight is 186 g/mol. The molecular formula is C8H12ClN3. The number of nitrogens with zero attached hydrogens (tertiary/aromatic N) is 2. The van der Waals surface area contributed by atoms with Gasteiger partial charge in [0.05, 0.1) is 0 Å². The number of rotatable bonds is 3. The maximum absolute atomic E-state index is 5.70. The third-order valence-corrected chi connectivity index (χ3v) is 1.68. The molecule has 3 nitrogen and oxygen atoms in total. The SMILES string of the molecule is CCCc1cc(NC)nc(Cl)n1. The molecule has 1 rings (SSSR count). The van der Waals surface area contributed by atoms with Crippen LogP contribution >= 0.6 is 11.6 Å². The first-order valence-electron chi connectivity index (χ1n) is 3.97. The van der Waals surface area contributed by atoms with Crippen molar-refractivity contribution in [2.24, 2.45) is 0 Å². The minimum atomic E-state index is 0.310. The van der Waals surface area contributed by atoms with E-state index in [1.54, 1.807) is 0 Å². The molecular weight excluding hydrogens is 174 g/mol. The van der Waals surface area contributed by atoms with Crippen LogP contribution in [0.1, 0.15) is 19.0 Å². The van der Waals surface area contributed by atoms with Gasteiger partial charge in [-0.15, -0.1) is 0 Å². The van der Waals surface area contributed by atoms with Crippen LogP contribution in [-0.4, -0.2) is 17.0 Å². The van der Waals surface area contributed by atoms with Gasteiger partial charge in [0.25, 0.3) is 0 Å². The predicted octanol–water partition coefficient (Wildman–Crippen LogP) is 2.12. The number of hydrogen-bond acceptors (Lipinski definition) is 3. The lowest BCUT2D eigenvalue weighted by atomic mass is 10.2. The lowest BCUT2D eigenvalue weighted by molar-refractivity contribution is 0.873. The summed E-state index contributed by atoms with van der Waals surface area (Å²) in [5, 5.41) is 3.24. The molecule has 1 N–H and O–H groups in total. The Hall–Kier alpha value is -0.830. The van der Waals surface area contributed by atoms with E-state index in [2.05, 4.69) is 22.2 Å². The first-order chi connectivity index (χ1) is 5.76. The summed E-state index contributed by atoms with van der Waals surface area (Å²) in [6, 6.07) is 1.91. The van der Waals surface area contributed by atoms with Gasteiger partial charge in [-0.1, -0.05) is 13.3 Å². The van der Waals surface area contributed by atoms with Crippen molar-refractivity contribution in [2.45, 2.75) is 19.8 Å². The van der Waals surface area contributed by atoms with Gasteiger partial charge >= 0.3 is 0 Å². The molecule has 0 radical (unpaired) electrons. The van der Waals surface area contributed by atoms with Gasteiger partial charge in [0.1, 0.15) is 5.82 Å². The third kappa shape index (κ3) is 2.34. The molecule has 0 unspecified atom stereocenters. The molecule has 0 saturated heterocycles. The number of anilines is 1. The molecule has 1 heterocycles. The fourth-order valence-electron chi connectivity index (χ4n) is 0.978. The fraction of sp³-hybridized carbons (Fsp3) is 0.500.